The molecule has 0 amide bonds. The minimum atomic E-state index is 0.504. The standard InChI is InChI=1S/C58H41N3/c1-59-57(61-58(43-26-12-5-13-27-43)60-39-40-20-6-2-7-21-40)47-31-19-29-45(37-47)44-28-18-30-46(36-44)53-38-52(41-22-8-3-9-23-41)55-50-34-16-14-32-48(50)49-33-15-17-35-51(49)56(55)54(53)42-24-10-4-11-25-42/h2-38H,1,39H2. The normalized spacial score (nSPS) is 11.9. The van der Waals surface area contributed by atoms with Crippen LogP contribution < -0.4 is 0 Å². The van der Waals surface area contributed by atoms with E-state index in [2.05, 4.69) is 182 Å². The second-order valence-corrected chi connectivity index (χ2v) is 15.2. The molecule has 0 bridgehead atoms. The summed E-state index contributed by atoms with van der Waals surface area (Å²) in [5.41, 5.74) is 12.1. The maximum atomic E-state index is 5.05. The van der Waals surface area contributed by atoms with Crippen LogP contribution in [-0.2, 0) is 6.54 Å². The van der Waals surface area contributed by atoms with Crippen molar-refractivity contribution in [3.8, 4) is 44.5 Å². The molecule has 0 aliphatic carbocycles. The van der Waals surface area contributed by atoms with Crippen LogP contribution in [0.5, 0.6) is 0 Å². The van der Waals surface area contributed by atoms with Gasteiger partial charge in [0.1, 0.15) is 0 Å². The van der Waals surface area contributed by atoms with Crippen LogP contribution in [-0.4, -0.2) is 18.4 Å². The lowest BCUT2D eigenvalue weighted by Gasteiger charge is -2.22. The molecule has 0 saturated heterocycles. The molecule has 0 fully saturated rings. The van der Waals surface area contributed by atoms with Crippen molar-refractivity contribution in [2.24, 2.45) is 15.0 Å². The quantitative estimate of drug-likeness (QED) is 0.0837. The summed E-state index contributed by atoms with van der Waals surface area (Å²) in [5, 5.41) is 7.51. The van der Waals surface area contributed by atoms with E-state index >= 15 is 0 Å². The first kappa shape index (κ1) is 37.3. The van der Waals surface area contributed by atoms with E-state index in [0.717, 1.165) is 33.4 Å². The molecule has 0 heterocycles. The molecule has 3 nitrogen and oxygen atoms in total. The van der Waals surface area contributed by atoms with E-state index in [1.165, 1.54) is 60.1 Å². The van der Waals surface area contributed by atoms with E-state index in [0.29, 0.717) is 18.2 Å². The van der Waals surface area contributed by atoms with Gasteiger partial charge in [0.25, 0.3) is 0 Å². The molecule has 0 aliphatic heterocycles. The van der Waals surface area contributed by atoms with Crippen molar-refractivity contribution in [1.82, 2.24) is 0 Å². The van der Waals surface area contributed by atoms with Gasteiger partial charge in [-0.3, -0.25) is 4.99 Å². The summed E-state index contributed by atoms with van der Waals surface area (Å²) in [6.07, 6.45) is 0. The van der Waals surface area contributed by atoms with Crippen molar-refractivity contribution in [3.63, 3.8) is 0 Å². The average molecular weight is 780 g/mol. The summed E-state index contributed by atoms with van der Waals surface area (Å²) in [6, 6.07) is 79.5. The van der Waals surface area contributed by atoms with E-state index < -0.39 is 0 Å². The number of rotatable bonds is 8. The Hall–Kier alpha value is -8.01. The highest BCUT2D eigenvalue weighted by molar-refractivity contribution is 6.33. The van der Waals surface area contributed by atoms with Crippen molar-refractivity contribution in [2.45, 2.75) is 6.54 Å². The molecule has 0 N–H and O–H groups in total. The number of amidine groups is 2. The van der Waals surface area contributed by atoms with Crippen molar-refractivity contribution >= 4 is 50.7 Å². The third kappa shape index (κ3) is 7.35. The van der Waals surface area contributed by atoms with E-state index in [9.17, 15) is 0 Å². The summed E-state index contributed by atoms with van der Waals surface area (Å²) in [5.74, 6) is 1.12. The Balaban J connectivity index is 1.16. The molecule has 3 heteroatoms. The highest BCUT2D eigenvalue weighted by Gasteiger charge is 2.22. The highest BCUT2D eigenvalue weighted by Crippen LogP contribution is 2.49. The molecule has 10 aromatic carbocycles. The predicted molar refractivity (Wildman–Crippen MR) is 260 cm³/mol. The predicted octanol–water partition coefficient (Wildman–Crippen LogP) is 14.9. The first-order valence-electron chi connectivity index (χ1n) is 20.6. The molecule has 61 heavy (non-hydrogen) atoms. The molecule has 0 saturated carbocycles. The zero-order chi connectivity index (χ0) is 41.0. The second-order valence-electron chi connectivity index (χ2n) is 15.2. The van der Waals surface area contributed by atoms with Crippen LogP contribution in [0.2, 0.25) is 0 Å². The Labute approximate surface area is 356 Å². The monoisotopic (exact) mass is 779 g/mol. The molecule has 10 rings (SSSR count). The Bertz CT molecular complexity index is 3260. The zero-order valence-corrected chi connectivity index (χ0v) is 33.6. The van der Waals surface area contributed by atoms with Gasteiger partial charge in [-0.05, 0) is 107 Å². The van der Waals surface area contributed by atoms with Gasteiger partial charge in [0.15, 0.2) is 11.7 Å². The lowest BCUT2D eigenvalue weighted by molar-refractivity contribution is 1.06. The zero-order valence-electron chi connectivity index (χ0n) is 33.6. The van der Waals surface area contributed by atoms with Gasteiger partial charge in [-0.2, -0.15) is 0 Å². The van der Waals surface area contributed by atoms with Crippen molar-refractivity contribution < 1.29 is 0 Å². The fourth-order valence-electron chi connectivity index (χ4n) is 8.61. The molecule has 0 radical (unpaired) electrons. The summed E-state index contributed by atoms with van der Waals surface area (Å²) in [6.45, 7) is 4.46. The average Bonchev–Trinajstić information content (AvgIpc) is 3.35. The second kappa shape index (κ2) is 16.7. The third-order valence-corrected chi connectivity index (χ3v) is 11.4. The summed E-state index contributed by atoms with van der Waals surface area (Å²) in [4.78, 5) is 14.5. The fraction of sp³-hybridized carbons (Fsp3) is 0.0172. The van der Waals surface area contributed by atoms with Crippen LogP contribution in [0.4, 0.5) is 0 Å². The number of aliphatic imine (C=N–C) groups is 3. The largest absolute Gasteiger partial charge is 0.261 e. The van der Waals surface area contributed by atoms with Crippen LogP contribution in [0.25, 0.3) is 76.8 Å². The Morgan fingerprint density at radius 2 is 0.852 bits per heavy atom. The molecule has 0 atom stereocenters. The minimum absolute atomic E-state index is 0.504. The van der Waals surface area contributed by atoms with E-state index in [4.69, 9.17) is 9.98 Å². The summed E-state index contributed by atoms with van der Waals surface area (Å²) >= 11 is 0. The van der Waals surface area contributed by atoms with Crippen molar-refractivity contribution in [1.29, 1.82) is 0 Å². The molecule has 10 aromatic rings. The fourth-order valence-corrected chi connectivity index (χ4v) is 8.61. The number of hydrogen-bond donors (Lipinski definition) is 0. The van der Waals surface area contributed by atoms with Gasteiger partial charge in [0.05, 0.1) is 6.54 Å². The van der Waals surface area contributed by atoms with E-state index in [1.807, 2.05) is 54.6 Å². The van der Waals surface area contributed by atoms with Gasteiger partial charge in [0.2, 0.25) is 0 Å². The SMILES string of the molecule is C=NC(=NC(=NCc1ccccc1)c1ccccc1)c1cccc(-c2cccc(-c3cc(-c4ccccc4)c4c5ccccc5c5ccccc5c4c3-c3ccccc3)c2)c1. The molecule has 0 spiro atoms. The van der Waals surface area contributed by atoms with E-state index in [1.54, 1.807) is 0 Å². The number of hydrogen-bond acceptors (Lipinski definition) is 1. The maximum Gasteiger partial charge on any atom is 0.161 e. The molecule has 0 unspecified atom stereocenters. The number of nitrogens with zero attached hydrogens (tertiary/aromatic N) is 3. The topological polar surface area (TPSA) is 37.1 Å². The van der Waals surface area contributed by atoms with Crippen molar-refractivity contribution in [3.05, 3.63) is 241 Å². The minimum Gasteiger partial charge on any atom is -0.261 e. The first-order valence-corrected chi connectivity index (χ1v) is 20.6. The molecule has 0 aromatic heterocycles. The Morgan fingerprint density at radius 1 is 0.361 bits per heavy atom. The third-order valence-electron chi connectivity index (χ3n) is 11.4. The number of benzene rings is 10. The van der Waals surface area contributed by atoms with Gasteiger partial charge >= 0.3 is 0 Å². The molecule has 0 aliphatic rings. The maximum absolute atomic E-state index is 5.05. The lowest BCUT2D eigenvalue weighted by atomic mass is 9.81. The van der Waals surface area contributed by atoms with E-state index in [-0.39, 0.29) is 0 Å². The van der Waals surface area contributed by atoms with Crippen LogP contribution in [0.15, 0.2) is 239 Å². The Kier molecular flexibility index (Phi) is 10.2. The van der Waals surface area contributed by atoms with Crippen LogP contribution >= 0.6 is 0 Å². The number of fused-ring (bicyclic) bond motifs is 6. The summed E-state index contributed by atoms with van der Waals surface area (Å²) < 4.78 is 0. The van der Waals surface area contributed by atoms with Gasteiger partial charge in [0, 0.05) is 11.1 Å². The highest BCUT2D eigenvalue weighted by atomic mass is 15.0. The van der Waals surface area contributed by atoms with Gasteiger partial charge < -0.3 is 0 Å². The van der Waals surface area contributed by atoms with Gasteiger partial charge in [-0.15, -0.1) is 0 Å². The van der Waals surface area contributed by atoms with Gasteiger partial charge in [-0.1, -0.05) is 206 Å². The smallest absolute Gasteiger partial charge is 0.161 e. The molecular formula is C58H41N3. The first-order chi connectivity index (χ1) is 30.2. The Morgan fingerprint density at radius 3 is 1.51 bits per heavy atom. The van der Waals surface area contributed by atoms with Crippen LogP contribution in [0.3, 0.4) is 0 Å². The summed E-state index contributed by atoms with van der Waals surface area (Å²) in [7, 11) is 0. The van der Waals surface area contributed by atoms with Crippen LogP contribution in [0.1, 0.15) is 16.7 Å². The lowest BCUT2D eigenvalue weighted by Crippen LogP contribution is -2.05. The molecular weight excluding hydrogens is 739 g/mol. The molecule has 288 valence electrons. The van der Waals surface area contributed by atoms with Crippen molar-refractivity contribution in [2.75, 3.05) is 0 Å². The van der Waals surface area contributed by atoms with Crippen LogP contribution in [0, 0.1) is 0 Å². The van der Waals surface area contributed by atoms with Gasteiger partial charge in [-0.25, -0.2) is 9.98 Å².